The van der Waals surface area contributed by atoms with Gasteiger partial charge in [-0.3, -0.25) is 0 Å². The molecule has 1 aromatic rings. The zero-order chi connectivity index (χ0) is 13.9. The van der Waals surface area contributed by atoms with Crippen LogP contribution in [0.25, 0.3) is 0 Å². The lowest BCUT2D eigenvalue weighted by molar-refractivity contribution is -0.140. The van der Waals surface area contributed by atoms with E-state index in [4.69, 9.17) is 5.26 Å². The molecule has 3 nitrogen and oxygen atoms in total. The van der Waals surface area contributed by atoms with Crippen LogP contribution >= 0.6 is 0 Å². The molecule has 1 aromatic carbocycles. The van der Waals surface area contributed by atoms with Gasteiger partial charge in [-0.05, 0) is 19.1 Å². The van der Waals surface area contributed by atoms with Gasteiger partial charge in [-0.25, -0.2) is 9.18 Å². The number of nitrogens with zero attached hydrogens (tertiary/aromatic N) is 1. The van der Waals surface area contributed by atoms with Crippen LogP contribution < -0.4 is 0 Å². The molecule has 18 heavy (non-hydrogen) atoms. The average molecular weight is 261 g/mol. The molecule has 0 aliphatic rings. The second-order valence-corrected chi connectivity index (χ2v) is 3.18. The molecule has 0 saturated heterocycles. The summed E-state index contributed by atoms with van der Waals surface area (Å²) >= 11 is 0. The summed E-state index contributed by atoms with van der Waals surface area (Å²) in [6.45, 7) is 1.27. The Morgan fingerprint density at radius 2 is 2.06 bits per heavy atom. The molecule has 0 spiro atoms. The van der Waals surface area contributed by atoms with Crippen molar-refractivity contribution >= 4 is 5.97 Å². The molecule has 0 aliphatic heterocycles. The van der Waals surface area contributed by atoms with Crippen LogP contribution in [-0.2, 0) is 10.9 Å². The molecule has 0 amide bonds. The van der Waals surface area contributed by atoms with E-state index in [1.54, 1.807) is 0 Å². The first kappa shape index (κ1) is 14.0. The third-order valence-corrected chi connectivity index (χ3v) is 2.05. The Bertz CT molecular complexity index is 517. The van der Waals surface area contributed by atoms with E-state index in [9.17, 15) is 22.4 Å². The summed E-state index contributed by atoms with van der Waals surface area (Å²) in [5, 5.41) is 8.65. The average Bonchev–Trinajstić information content (AvgIpc) is 2.26. The van der Waals surface area contributed by atoms with Gasteiger partial charge in [0.2, 0.25) is 0 Å². The predicted molar refractivity (Wildman–Crippen MR) is 52.1 cm³/mol. The maximum Gasteiger partial charge on any atom is 0.419 e. The van der Waals surface area contributed by atoms with E-state index in [2.05, 4.69) is 4.74 Å². The third kappa shape index (κ3) is 2.59. The Labute approximate surface area is 99.6 Å². The summed E-state index contributed by atoms with van der Waals surface area (Å²) in [7, 11) is 0. The second kappa shape index (κ2) is 5.04. The van der Waals surface area contributed by atoms with E-state index in [1.807, 2.05) is 0 Å². The van der Waals surface area contributed by atoms with Crippen molar-refractivity contribution in [3.05, 3.63) is 34.6 Å². The first-order valence-corrected chi connectivity index (χ1v) is 4.79. The van der Waals surface area contributed by atoms with Crippen LogP contribution in [-0.4, -0.2) is 12.6 Å². The van der Waals surface area contributed by atoms with Crippen LogP contribution in [0.2, 0.25) is 0 Å². The van der Waals surface area contributed by atoms with Crippen molar-refractivity contribution in [1.29, 1.82) is 5.26 Å². The Morgan fingerprint density at radius 3 is 2.50 bits per heavy atom. The number of benzene rings is 1. The molecule has 1 rings (SSSR count). The quantitative estimate of drug-likeness (QED) is 0.607. The largest absolute Gasteiger partial charge is 0.462 e. The summed E-state index contributed by atoms with van der Waals surface area (Å²) in [5.74, 6) is -3.09. The van der Waals surface area contributed by atoms with E-state index in [-0.39, 0.29) is 6.61 Å². The fourth-order valence-electron chi connectivity index (χ4n) is 1.29. The number of alkyl halides is 3. The Kier molecular flexibility index (Phi) is 3.91. The number of hydrogen-bond acceptors (Lipinski definition) is 3. The van der Waals surface area contributed by atoms with Gasteiger partial charge in [0.15, 0.2) is 5.82 Å². The molecular weight excluding hydrogens is 254 g/mol. The van der Waals surface area contributed by atoms with E-state index < -0.39 is 34.7 Å². The van der Waals surface area contributed by atoms with Gasteiger partial charge in [0.05, 0.1) is 17.7 Å². The Morgan fingerprint density at radius 1 is 1.44 bits per heavy atom. The molecule has 96 valence electrons. The smallest absolute Gasteiger partial charge is 0.419 e. The van der Waals surface area contributed by atoms with Crippen molar-refractivity contribution in [3.8, 4) is 6.07 Å². The minimum absolute atomic E-state index is 0.139. The lowest BCUT2D eigenvalue weighted by atomic mass is 10.0. The SMILES string of the molecule is CCOC(=O)c1c(C#N)ccc(C(F)(F)F)c1F. The van der Waals surface area contributed by atoms with E-state index in [0.29, 0.717) is 6.07 Å². The van der Waals surface area contributed by atoms with Gasteiger partial charge < -0.3 is 4.74 Å². The maximum absolute atomic E-state index is 13.6. The number of ether oxygens (including phenoxy) is 1. The summed E-state index contributed by atoms with van der Waals surface area (Å²) in [5.41, 5.74) is -3.10. The van der Waals surface area contributed by atoms with Crippen LogP contribution in [0.15, 0.2) is 12.1 Å². The van der Waals surface area contributed by atoms with E-state index >= 15 is 0 Å². The molecule has 0 saturated carbocycles. The minimum Gasteiger partial charge on any atom is -0.462 e. The highest BCUT2D eigenvalue weighted by molar-refractivity contribution is 5.92. The third-order valence-electron chi connectivity index (χ3n) is 2.05. The van der Waals surface area contributed by atoms with Crippen molar-refractivity contribution < 1.29 is 27.1 Å². The van der Waals surface area contributed by atoms with Crippen LogP contribution in [0.5, 0.6) is 0 Å². The number of esters is 1. The zero-order valence-corrected chi connectivity index (χ0v) is 9.14. The molecule has 0 aromatic heterocycles. The van der Waals surface area contributed by atoms with Gasteiger partial charge >= 0.3 is 12.1 Å². The molecular formula is C11H7F4NO2. The highest BCUT2D eigenvalue weighted by Crippen LogP contribution is 2.33. The van der Waals surface area contributed by atoms with Gasteiger partial charge in [0, 0.05) is 0 Å². The standard InChI is InChI=1S/C11H7F4NO2/c1-2-18-10(17)8-6(5-16)3-4-7(9(8)12)11(13,14)15/h3-4H,2H2,1H3. The highest BCUT2D eigenvalue weighted by Gasteiger charge is 2.37. The topological polar surface area (TPSA) is 50.1 Å². The van der Waals surface area contributed by atoms with Gasteiger partial charge in [0.25, 0.3) is 0 Å². The van der Waals surface area contributed by atoms with Gasteiger partial charge in [0.1, 0.15) is 11.6 Å². The molecule has 0 bridgehead atoms. The summed E-state index contributed by atoms with van der Waals surface area (Å²) in [6, 6.07) is 2.59. The summed E-state index contributed by atoms with van der Waals surface area (Å²) < 4.78 is 55.4. The molecule has 7 heteroatoms. The number of rotatable bonds is 2. The fraction of sp³-hybridized carbons (Fsp3) is 0.273. The van der Waals surface area contributed by atoms with Gasteiger partial charge in [-0.1, -0.05) is 0 Å². The number of carbonyl (C=O) groups excluding carboxylic acids is 1. The Hall–Kier alpha value is -2.10. The van der Waals surface area contributed by atoms with Crippen molar-refractivity contribution in [1.82, 2.24) is 0 Å². The minimum atomic E-state index is -4.95. The lowest BCUT2D eigenvalue weighted by Crippen LogP contribution is -2.16. The zero-order valence-electron chi connectivity index (χ0n) is 9.14. The van der Waals surface area contributed by atoms with Gasteiger partial charge in [-0.15, -0.1) is 0 Å². The van der Waals surface area contributed by atoms with Crippen LogP contribution in [0.4, 0.5) is 17.6 Å². The first-order valence-electron chi connectivity index (χ1n) is 4.79. The predicted octanol–water partition coefficient (Wildman–Crippen LogP) is 2.89. The van der Waals surface area contributed by atoms with Crippen molar-refractivity contribution in [2.75, 3.05) is 6.61 Å². The van der Waals surface area contributed by atoms with E-state index in [1.165, 1.54) is 13.0 Å². The fourth-order valence-corrected chi connectivity index (χ4v) is 1.29. The lowest BCUT2D eigenvalue weighted by Gasteiger charge is -2.11. The molecule has 0 heterocycles. The number of carbonyl (C=O) groups is 1. The van der Waals surface area contributed by atoms with Crippen molar-refractivity contribution in [3.63, 3.8) is 0 Å². The van der Waals surface area contributed by atoms with E-state index in [0.717, 1.165) is 6.07 Å². The molecule has 0 N–H and O–H groups in total. The maximum atomic E-state index is 13.6. The Balaban J connectivity index is 3.47. The number of hydrogen-bond donors (Lipinski definition) is 0. The first-order chi connectivity index (χ1) is 8.32. The highest BCUT2D eigenvalue weighted by atomic mass is 19.4. The molecule has 0 atom stereocenters. The van der Waals surface area contributed by atoms with Crippen LogP contribution in [0.3, 0.4) is 0 Å². The number of halogens is 4. The number of nitriles is 1. The van der Waals surface area contributed by atoms with Crippen molar-refractivity contribution in [2.45, 2.75) is 13.1 Å². The van der Waals surface area contributed by atoms with Crippen molar-refractivity contribution in [2.24, 2.45) is 0 Å². The van der Waals surface area contributed by atoms with Crippen LogP contribution in [0.1, 0.15) is 28.4 Å². The molecule has 0 radical (unpaired) electrons. The molecule has 0 unspecified atom stereocenters. The normalized spacial score (nSPS) is 10.9. The molecule has 0 aliphatic carbocycles. The summed E-state index contributed by atoms with van der Waals surface area (Å²) in [6.07, 6.45) is -4.95. The second-order valence-electron chi connectivity index (χ2n) is 3.18. The molecule has 0 fully saturated rings. The monoisotopic (exact) mass is 261 g/mol. The van der Waals surface area contributed by atoms with Gasteiger partial charge in [-0.2, -0.15) is 18.4 Å². The van der Waals surface area contributed by atoms with Crippen LogP contribution in [0, 0.1) is 17.1 Å². The summed E-state index contributed by atoms with van der Waals surface area (Å²) in [4.78, 5) is 11.3.